The van der Waals surface area contributed by atoms with Crippen molar-refractivity contribution >= 4 is 5.97 Å². The molecule has 35 heavy (non-hydrogen) atoms. The summed E-state index contributed by atoms with van der Waals surface area (Å²) in [7, 11) is 0. The third-order valence-electron chi connectivity index (χ3n) is 8.45. The molecule has 2 fully saturated rings. The summed E-state index contributed by atoms with van der Waals surface area (Å²) in [4.78, 5) is 21.8. The number of benzene rings is 1. The molecule has 0 bridgehead atoms. The van der Waals surface area contributed by atoms with E-state index in [0.717, 1.165) is 54.6 Å². The number of carbonyl (C=O) groups is 1. The monoisotopic (exact) mass is 476 g/mol. The predicted octanol–water partition coefficient (Wildman–Crippen LogP) is 8.19. The first-order valence-electron chi connectivity index (χ1n) is 14.3. The van der Waals surface area contributed by atoms with Crippen LogP contribution in [0.25, 0.3) is 11.4 Å². The lowest BCUT2D eigenvalue weighted by atomic mass is 9.68. The Bertz CT molecular complexity index is 893. The van der Waals surface area contributed by atoms with Crippen LogP contribution in [0.3, 0.4) is 0 Å². The molecule has 2 aliphatic carbocycles. The number of carbonyl (C=O) groups excluding carboxylic acids is 1. The second-order valence-corrected chi connectivity index (χ2v) is 11.0. The van der Waals surface area contributed by atoms with Crippen LogP contribution in [-0.2, 0) is 11.2 Å². The van der Waals surface area contributed by atoms with Gasteiger partial charge in [0.2, 0.25) is 0 Å². The van der Waals surface area contributed by atoms with Crippen LogP contribution < -0.4 is 4.74 Å². The fourth-order valence-corrected chi connectivity index (χ4v) is 6.25. The number of nitrogens with zero attached hydrogens (tertiary/aromatic N) is 2. The van der Waals surface area contributed by atoms with Crippen molar-refractivity contribution in [1.82, 2.24) is 9.97 Å². The van der Waals surface area contributed by atoms with E-state index in [4.69, 9.17) is 4.74 Å². The molecule has 0 saturated heterocycles. The van der Waals surface area contributed by atoms with E-state index < -0.39 is 0 Å². The van der Waals surface area contributed by atoms with Crippen molar-refractivity contribution in [2.24, 2.45) is 23.7 Å². The summed E-state index contributed by atoms with van der Waals surface area (Å²) < 4.78 is 5.76. The molecule has 0 radical (unpaired) electrons. The smallest absolute Gasteiger partial charge is 0.314 e. The van der Waals surface area contributed by atoms with Crippen LogP contribution >= 0.6 is 0 Å². The van der Waals surface area contributed by atoms with Gasteiger partial charge >= 0.3 is 5.97 Å². The Morgan fingerprint density at radius 2 is 1.46 bits per heavy atom. The number of rotatable bonds is 10. The molecule has 190 valence electrons. The van der Waals surface area contributed by atoms with Crippen molar-refractivity contribution in [2.45, 2.75) is 104 Å². The number of aryl methyl sites for hydroxylation is 1. The second kappa shape index (κ2) is 13.2. The molecule has 1 heterocycles. The van der Waals surface area contributed by atoms with Gasteiger partial charge in [0, 0.05) is 18.0 Å². The van der Waals surface area contributed by atoms with Crippen molar-refractivity contribution in [1.29, 1.82) is 0 Å². The third-order valence-corrected chi connectivity index (χ3v) is 8.45. The summed E-state index contributed by atoms with van der Waals surface area (Å²) >= 11 is 0. The molecular weight excluding hydrogens is 432 g/mol. The maximum Gasteiger partial charge on any atom is 0.314 e. The van der Waals surface area contributed by atoms with Gasteiger partial charge in [-0.05, 0) is 92.5 Å². The summed E-state index contributed by atoms with van der Waals surface area (Å²) in [6, 6.07) is 7.60. The van der Waals surface area contributed by atoms with Crippen molar-refractivity contribution in [2.75, 3.05) is 0 Å². The van der Waals surface area contributed by atoms with E-state index in [0.29, 0.717) is 11.6 Å². The normalized spacial score (nSPS) is 24.7. The van der Waals surface area contributed by atoms with Crippen molar-refractivity contribution < 1.29 is 9.53 Å². The minimum atomic E-state index is -0.0593. The van der Waals surface area contributed by atoms with Crippen molar-refractivity contribution in [3.8, 4) is 17.1 Å². The molecule has 4 rings (SSSR count). The zero-order chi connectivity index (χ0) is 24.5. The SMILES string of the molecule is CCCCCC1CCC(C2CCC(C(=O)Oc3ccc(-c4ncc(CCC)cn4)cc3)CC2)CC1. The lowest BCUT2D eigenvalue weighted by molar-refractivity contribution is -0.140. The van der Waals surface area contributed by atoms with Gasteiger partial charge in [0.15, 0.2) is 5.82 Å². The maximum atomic E-state index is 12.8. The van der Waals surface area contributed by atoms with E-state index in [1.807, 2.05) is 36.7 Å². The Balaban J connectivity index is 1.20. The molecular formula is C31H44N2O2. The molecule has 2 saturated carbocycles. The lowest BCUT2D eigenvalue weighted by Crippen LogP contribution is -2.30. The Hall–Kier alpha value is -2.23. The van der Waals surface area contributed by atoms with Gasteiger partial charge in [-0.1, -0.05) is 58.8 Å². The minimum Gasteiger partial charge on any atom is -0.426 e. The zero-order valence-corrected chi connectivity index (χ0v) is 21.9. The Morgan fingerprint density at radius 3 is 2.06 bits per heavy atom. The van der Waals surface area contributed by atoms with E-state index in [-0.39, 0.29) is 11.9 Å². The van der Waals surface area contributed by atoms with Gasteiger partial charge < -0.3 is 4.74 Å². The molecule has 0 unspecified atom stereocenters. The summed E-state index contributed by atoms with van der Waals surface area (Å²) in [5, 5.41) is 0. The molecule has 4 heteroatoms. The van der Waals surface area contributed by atoms with E-state index in [1.54, 1.807) is 0 Å². The van der Waals surface area contributed by atoms with E-state index in [2.05, 4.69) is 23.8 Å². The number of unbranched alkanes of at least 4 members (excludes halogenated alkanes) is 2. The lowest BCUT2D eigenvalue weighted by Gasteiger charge is -2.37. The van der Waals surface area contributed by atoms with Crippen LogP contribution in [-0.4, -0.2) is 15.9 Å². The minimum absolute atomic E-state index is 0.0470. The average Bonchev–Trinajstić information content (AvgIpc) is 2.90. The molecule has 0 amide bonds. The zero-order valence-electron chi connectivity index (χ0n) is 21.9. The molecule has 0 aliphatic heterocycles. The maximum absolute atomic E-state index is 12.8. The number of hydrogen-bond acceptors (Lipinski definition) is 4. The molecule has 2 aliphatic rings. The second-order valence-electron chi connectivity index (χ2n) is 11.0. The van der Waals surface area contributed by atoms with Gasteiger partial charge in [-0.15, -0.1) is 0 Å². The number of ether oxygens (including phenoxy) is 1. The summed E-state index contributed by atoms with van der Waals surface area (Å²) in [6.07, 6.45) is 21.5. The topological polar surface area (TPSA) is 52.1 Å². The largest absolute Gasteiger partial charge is 0.426 e. The van der Waals surface area contributed by atoms with Gasteiger partial charge in [-0.3, -0.25) is 4.79 Å². The fraction of sp³-hybridized carbons (Fsp3) is 0.645. The standard InChI is InChI=1S/C31H44N2O2/c1-3-5-6-8-23-9-11-25(12-10-23)26-13-15-28(16-14-26)31(34)35-29-19-17-27(18-20-29)30-32-21-24(7-4-2)22-33-30/h17-23,25-26,28H,3-16H2,1-2H3. The first-order chi connectivity index (χ1) is 17.2. The van der Waals surface area contributed by atoms with Crippen LogP contribution in [0, 0.1) is 23.7 Å². The molecule has 0 spiro atoms. The number of hydrogen-bond donors (Lipinski definition) is 0. The summed E-state index contributed by atoms with van der Waals surface area (Å²) in [5.41, 5.74) is 2.10. The van der Waals surface area contributed by atoms with Gasteiger partial charge in [-0.25, -0.2) is 9.97 Å². The first kappa shape index (κ1) is 25.9. The highest BCUT2D eigenvalue weighted by Gasteiger charge is 2.33. The van der Waals surface area contributed by atoms with Crippen LogP contribution in [0.15, 0.2) is 36.7 Å². The van der Waals surface area contributed by atoms with Crippen LogP contribution in [0.4, 0.5) is 0 Å². The first-order valence-corrected chi connectivity index (χ1v) is 14.3. The van der Waals surface area contributed by atoms with Gasteiger partial charge in [0.25, 0.3) is 0 Å². The highest BCUT2D eigenvalue weighted by molar-refractivity contribution is 5.75. The molecule has 1 aromatic carbocycles. The molecule has 2 aromatic rings. The molecule has 0 atom stereocenters. The van der Waals surface area contributed by atoms with Crippen LogP contribution in [0.2, 0.25) is 0 Å². The Kier molecular flexibility index (Phi) is 9.74. The average molecular weight is 477 g/mol. The Morgan fingerprint density at radius 1 is 0.829 bits per heavy atom. The number of esters is 1. The summed E-state index contributed by atoms with van der Waals surface area (Å²) in [5.74, 6) is 3.99. The quantitative estimate of drug-likeness (QED) is 0.197. The highest BCUT2D eigenvalue weighted by Crippen LogP contribution is 2.42. The van der Waals surface area contributed by atoms with E-state index in [9.17, 15) is 4.79 Å². The van der Waals surface area contributed by atoms with Crippen LogP contribution in [0.5, 0.6) is 5.75 Å². The van der Waals surface area contributed by atoms with Crippen molar-refractivity contribution in [3.63, 3.8) is 0 Å². The molecule has 4 nitrogen and oxygen atoms in total. The van der Waals surface area contributed by atoms with E-state index in [1.165, 1.54) is 64.2 Å². The number of aromatic nitrogens is 2. The van der Waals surface area contributed by atoms with Gasteiger partial charge in [-0.2, -0.15) is 0 Å². The van der Waals surface area contributed by atoms with Crippen LogP contribution in [0.1, 0.15) is 103 Å². The fourth-order valence-electron chi connectivity index (χ4n) is 6.25. The van der Waals surface area contributed by atoms with Gasteiger partial charge in [0.1, 0.15) is 5.75 Å². The molecule has 1 aromatic heterocycles. The summed E-state index contributed by atoms with van der Waals surface area (Å²) in [6.45, 7) is 4.45. The Labute approximate surface area is 212 Å². The third kappa shape index (κ3) is 7.38. The van der Waals surface area contributed by atoms with Gasteiger partial charge in [0.05, 0.1) is 5.92 Å². The predicted molar refractivity (Wildman–Crippen MR) is 142 cm³/mol. The van der Waals surface area contributed by atoms with E-state index >= 15 is 0 Å². The van der Waals surface area contributed by atoms with Crippen molar-refractivity contribution in [3.05, 3.63) is 42.2 Å². The molecule has 0 N–H and O–H groups in total. The highest BCUT2D eigenvalue weighted by atomic mass is 16.5.